The van der Waals surface area contributed by atoms with Gasteiger partial charge in [0.1, 0.15) is 17.8 Å². The van der Waals surface area contributed by atoms with E-state index in [0.717, 1.165) is 19.4 Å². The van der Waals surface area contributed by atoms with Gasteiger partial charge in [-0.1, -0.05) is 13.8 Å². The van der Waals surface area contributed by atoms with Crippen LogP contribution in [0, 0.1) is 40.9 Å². The van der Waals surface area contributed by atoms with Crippen molar-refractivity contribution in [3.63, 3.8) is 0 Å². The fraction of sp³-hybridized carbons (Fsp3) is 1.00. The number of aliphatic hydroxyl groups is 6. The van der Waals surface area contributed by atoms with Crippen molar-refractivity contribution in [1.29, 1.82) is 0 Å². The molecular weight excluding hydrogens is 450 g/mol. The van der Waals surface area contributed by atoms with E-state index in [2.05, 4.69) is 18.7 Å². The molecule has 0 aromatic heterocycles. The summed E-state index contributed by atoms with van der Waals surface area (Å²) in [5, 5.41) is 69.9. The molecule has 15 atom stereocenters. The highest BCUT2D eigenvalue weighted by Gasteiger charge is 2.84. The van der Waals surface area contributed by atoms with Crippen molar-refractivity contribution in [2.24, 2.45) is 40.9 Å². The van der Waals surface area contributed by atoms with Crippen LogP contribution in [0.2, 0.25) is 0 Å². The lowest BCUT2D eigenvalue weighted by Crippen LogP contribution is -2.76. The summed E-state index contributed by atoms with van der Waals surface area (Å²) >= 11 is 0. The van der Waals surface area contributed by atoms with Crippen LogP contribution in [-0.2, 0) is 4.74 Å². The summed E-state index contributed by atoms with van der Waals surface area (Å²) in [6, 6.07) is -0.0745. The molecule has 0 amide bonds. The molecule has 0 aromatic rings. The molecule has 7 fully saturated rings. The van der Waals surface area contributed by atoms with Crippen molar-refractivity contribution in [2.75, 3.05) is 13.1 Å². The first-order chi connectivity index (χ1) is 16.3. The van der Waals surface area contributed by atoms with E-state index in [9.17, 15) is 30.6 Å². The lowest BCUT2D eigenvalue weighted by molar-refractivity contribution is -0.290. The van der Waals surface area contributed by atoms with Gasteiger partial charge in [0, 0.05) is 42.3 Å². The largest absolute Gasteiger partial charge is 0.390 e. The van der Waals surface area contributed by atoms with Crippen LogP contribution >= 0.6 is 0 Å². The van der Waals surface area contributed by atoms with Crippen LogP contribution in [-0.4, -0.2) is 95.6 Å². The Morgan fingerprint density at radius 2 is 1.60 bits per heavy atom. The Morgan fingerprint density at radius 1 is 0.886 bits per heavy atom. The molecule has 3 saturated heterocycles. The van der Waals surface area contributed by atoms with Crippen molar-refractivity contribution in [2.45, 2.75) is 113 Å². The van der Waals surface area contributed by atoms with E-state index in [0.29, 0.717) is 44.6 Å². The normalized spacial score (nSPS) is 67.5. The van der Waals surface area contributed by atoms with Gasteiger partial charge in [0.2, 0.25) is 0 Å². The SMILES string of the molecule is C[C@H]1CC[C@@H]2N(C1)C[C@@H]1[C@H]([C@@H](O)[C@H](O)[C@]3(O)[C@H]1C[C@@]14O[C@]5(O)C(CC[C@@H]31)[C@]4(C)CC[C@@H]5O)[C@]2(C)O. The molecular formula is C27H43NO7. The summed E-state index contributed by atoms with van der Waals surface area (Å²) in [7, 11) is 0. The topological polar surface area (TPSA) is 134 Å². The molecule has 198 valence electrons. The van der Waals surface area contributed by atoms with Gasteiger partial charge in [-0.05, 0) is 69.6 Å². The number of hydrogen-bond donors (Lipinski definition) is 6. The van der Waals surface area contributed by atoms with E-state index in [1.165, 1.54) is 0 Å². The van der Waals surface area contributed by atoms with E-state index in [1.807, 2.05) is 6.92 Å². The zero-order valence-corrected chi connectivity index (χ0v) is 21.2. The Labute approximate surface area is 207 Å². The van der Waals surface area contributed by atoms with Crippen molar-refractivity contribution in [3.05, 3.63) is 0 Å². The Bertz CT molecular complexity index is 931. The summed E-state index contributed by atoms with van der Waals surface area (Å²) in [5.41, 5.74) is -4.08. The summed E-state index contributed by atoms with van der Waals surface area (Å²) < 4.78 is 6.60. The van der Waals surface area contributed by atoms with Crippen LogP contribution < -0.4 is 0 Å². The standard InChI is InChI=1S/C27H43NO7/c1-13-4-7-18-24(3,32)20-14(12-28(18)11-13)15-10-25-17(26(15,33)22(31)21(20)30)6-5-16-23(25,2)9-8-19(29)27(16,34)35-25/h13-22,29-34H,4-12H2,1-3H3/t13-,14-,15-,16?,17+,18-,19-,20+,21+,22-,23-,24+,25+,26-,27+/m0/s1. The molecule has 3 aliphatic heterocycles. The number of piperidine rings is 2. The fourth-order valence-corrected chi connectivity index (χ4v) is 11.4. The highest BCUT2D eigenvalue weighted by molar-refractivity contribution is 5.31. The van der Waals surface area contributed by atoms with Crippen LogP contribution in [0.15, 0.2) is 0 Å². The molecule has 8 nitrogen and oxygen atoms in total. The van der Waals surface area contributed by atoms with Crippen molar-refractivity contribution < 1.29 is 35.4 Å². The number of aliphatic hydroxyl groups excluding tert-OH is 3. The Morgan fingerprint density at radius 3 is 2.34 bits per heavy atom. The van der Waals surface area contributed by atoms with E-state index >= 15 is 0 Å². The predicted molar refractivity (Wildman–Crippen MR) is 125 cm³/mol. The maximum Gasteiger partial charge on any atom is 0.196 e. The van der Waals surface area contributed by atoms with Crippen molar-refractivity contribution in [1.82, 2.24) is 4.90 Å². The molecule has 3 heterocycles. The first-order valence-electron chi connectivity index (χ1n) is 14.0. The summed E-state index contributed by atoms with van der Waals surface area (Å²) in [5.74, 6) is -2.93. The lowest BCUT2D eigenvalue weighted by atomic mass is 9.49. The smallest absolute Gasteiger partial charge is 0.196 e. The highest BCUT2D eigenvalue weighted by atomic mass is 16.7. The maximum atomic E-state index is 12.5. The minimum Gasteiger partial charge on any atom is -0.390 e. The van der Waals surface area contributed by atoms with Gasteiger partial charge in [-0.3, -0.25) is 4.90 Å². The molecule has 4 bridgehead atoms. The average Bonchev–Trinajstić information content (AvgIpc) is 3.04. The van der Waals surface area contributed by atoms with Crippen molar-refractivity contribution in [3.8, 4) is 0 Å². The minimum absolute atomic E-state index is 0.0745. The molecule has 7 rings (SSSR count). The molecule has 1 unspecified atom stereocenters. The fourth-order valence-electron chi connectivity index (χ4n) is 11.4. The second-order valence-corrected chi connectivity index (χ2v) is 14.1. The number of nitrogens with zero attached hydrogens (tertiary/aromatic N) is 1. The minimum atomic E-state index is -1.64. The summed E-state index contributed by atoms with van der Waals surface area (Å²) in [4.78, 5) is 2.36. The van der Waals surface area contributed by atoms with Gasteiger partial charge in [0.15, 0.2) is 5.79 Å². The van der Waals surface area contributed by atoms with Gasteiger partial charge in [0.05, 0.1) is 17.3 Å². The maximum absolute atomic E-state index is 12.5. The van der Waals surface area contributed by atoms with E-state index in [4.69, 9.17) is 4.74 Å². The third-order valence-corrected chi connectivity index (χ3v) is 12.8. The Hall–Kier alpha value is -0.320. The number of hydrogen-bond acceptors (Lipinski definition) is 8. The number of fused-ring (bicyclic) bond motifs is 5. The average molecular weight is 494 g/mol. The molecule has 4 saturated carbocycles. The van der Waals surface area contributed by atoms with Crippen LogP contribution in [0.1, 0.15) is 65.7 Å². The Balaban J connectivity index is 1.35. The zero-order valence-electron chi connectivity index (χ0n) is 21.2. The van der Waals surface area contributed by atoms with Gasteiger partial charge in [-0.25, -0.2) is 0 Å². The van der Waals surface area contributed by atoms with E-state index in [1.54, 1.807) is 0 Å². The third-order valence-electron chi connectivity index (χ3n) is 12.8. The van der Waals surface area contributed by atoms with Gasteiger partial charge < -0.3 is 35.4 Å². The second kappa shape index (κ2) is 6.81. The number of rotatable bonds is 0. The quantitative estimate of drug-likeness (QED) is 0.282. The first-order valence-corrected chi connectivity index (χ1v) is 14.0. The lowest BCUT2D eigenvalue weighted by Gasteiger charge is -2.63. The summed E-state index contributed by atoms with van der Waals surface area (Å²) in [6.45, 7) is 7.73. The van der Waals surface area contributed by atoms with Crippen LogP contribution in [0.25, 0.3) is 0 Å². The zero-order chi connectivity index (χ0) is 24.9. The van der Waals surface area contributed by atoms with Gasteiger partial charge in [0.25, 0.3) is 0 Å². The van der Waals surface area contributed by atoms with Crippen molar-refractivity contribution >= 4 is 0 Å². The van der Waals surface area contributed by atoms with Gasteiger partial charge in [-0.15, -0.1) is 0 Å². The molecule has 0 aromatic carbocycles. The molecule has 7 aliphatic rings. The van der Waals surface area contributed by atoms with Crippen LogP contribution in [0.4, 0.5) is 0 Å². The molecule has 4 aliphatic carbocycles. The van der Waals surface area contributed by atoms with Gasteiger partial charge in [-0.2, -0.15) is 0 Å². The first kappa shape index (κ1) is 23.8. The molecule has 0 radical (unpaired) electrons. The Kier molecular flexibility index (Phi) is 4.62. The highest BCUT2D eigenvalue weighted by Crippen LogP contribution is 2.76. The summed E-state index contributed by atoms with van der Waals surface area (Å²) in [6.07, 6.45) is 1.05. The number of ether oxygens (including phenoxy) is 1. The monoisotopic (exact) mass is 493 g/mol. The third kappa shape index (κ3) is 2.44. The molecule has 8 heteroatoms. The second-order valence-electron chi connectivity index (χ2n) is 14.1. The van der Waals surface area contributed by atoms with Crippen LogP contribution in [0.3, 0.4) is 0 Å². The molecule has 6 N–H and O–H groups in total. The van der Waals surface area contributed by atoms with Crippen LogP contribution in [0.5, 0.6) is 0 Å². The predicted octanol–water partition coefficient (Wildman–Crippen LogP) is 0.215. The molecule has 1 spiro atoms. The van der Waals surface area contributed by atoms with E-state index in [-0.39, 0.29) is 23.8 Å². The van der Waals surface area contributed by atoms with Gasteiger partial charge >= 0.3 is 0 Å². The molecule has 35 heavy (non-hydrogen) atoms. The van der Waals surface area contributed by atoms with E-state index < -0.39 is 58.2 Å².